The molecule has 0 bridgehead atoms. The molecule has 1 unspecified atom stereocenters. The van der Waals surface area contributed by atoms with E-state index in [1.807, 2.05) is 0 Å². The highest BCUT2D eigenvalue weighted by Crippen LogP contribution is 2.24. The molecule has 0 radical (unpaired) electrons. The number of esters is 1. The average molecular weight is 390 g/mol. The van der Waals surface area contributed by atoms with Crippen LogP contribution in [-0.4, -0.2) is 49.9 Å². The van der Waals surface area contributed by atoms with Crippen molar-refractivity contribution in [2.45, 2.75) is 36.9 Å². The van der Waals surface area contributed by atoms with E-state index < -0.39 is 36.8 Å². The van der Waals surface area contributed by atoms with E-state index in [9.17, 15) is 23.5 Å². The number of halogens is 3. The number of hydrogen-bond acceptors (Lipinski definition) is 5. The molecule has 0 amide bonds. The van der Waals surface area contributed by atoms with E-state index in [0.29, 0.717) is 18.1 Å². The molecule has 0 fully saturated rings. The van der Waals surface area contributed by atoms with Crippen LogP contribution in [0.15, 0.2) is 35.7 Å². The summed E-state index contributed by atoms with van der Waals surface area (Å²) in [6.07, 6.45) is 3.52. The van der Waals surface area contributed by atoms with Gasteiger partial charge in [-0.15, -0.1) is 16.7 Å². The lowest BCUT2D eigenvalue weighted by atomic mass is 10.1. The molecular weight excluding hydrogens is 372 g/mol. The molecule has 2 atom stereocenters. The number of allylic oxidation sites excluding steroid dienone is 4. The first-order valence-electron chi connectivity index (χ1n) is 7.66. The van der Waals surface area contributed by atoms with Crippen LogP contribution in [0.2, 0.25) is 0 Å². The quantitative estimate of drug-likeness (QED) is 0.432. The molecule has 1 aromatic rings. The van der Waals surface area contributed by atoms with Crippen LogP contribution in [0.25, 0.3) is 5.57 Å². The predicted molar refractivity (Wildman–Crippen MR) is 91.0 cm³/mol. The Morgan fingerprint density at radius 2 is 2.35 bits per heavy atom. The van der Waals surface area contributed by atoms with Crippen LogP contribution in [0.5, 0.6) is 0 Å². The topological polar surface area (TPSA) is 86.3 Å². The molecule has 0 saturated carbocycles. The fourth-order valence-corrected chi connectivity index (χ4v) is 2.46. The van der Waals surface area contributed by atoms with E-state index in [4.69, 9.17) is 11.6 Å². The van der Waals surface area contributed by atoms with Gasteiger partial charge in [-0.05, 0) is 12.5 Å². The van der Waals surface area contributed by atoms with Gasteiger partial charge >= 0.3 is 11.7 Å². The second-order valence-corrected chi connectivity index (χ2v) is 6.18. The Labute approximate surface area is 152 Å². The minimum absolute atomic E-state index is 0.0395. The third kappa shape index (κ3) is 4.28. The van der Waals surface area contributed by atoms with E-state index in [2.05, 4.69) is 16.4 Å². The van der Waals surface area contributed by atoms with Crippen LogP contribution in [-0.2, 0) is 22.6 Å². The molecule has 0 aromatic carbocycles. The molecule has 2 rings (SSSR count). The fraction of sp³-hybridized carbons (Fsp3) is 0.438. The summed E-state index contributed by atoms with van der Waals surface area (Å²) in [5.41, 5.74) is -0.358. The molecule has 1 N–H and O–H groups in total. The Hall–Kier alpha value is -2.26. The Morgan fingerprint density at radius 1 is 1.65 bits per heavy atom. The normalized spacial score (nSPS) is 18.3. The smallest absolute Gasteiger partial charge is 0.346 e. The number of carbonyl (C=O) groups excluding carboxylic acids is 1. The number of hydrogen-bond donors (Lipinski definition) is 1. The molecule has 1 aliphatic rings. The zero-order valence-electron chi connectivity index (χ0n) is 13.9. The Kier molecular flexibility index (Phi) is 6.14. The lowest BCUT2D eigenvalue weighted by Gasteiger charge is -2.20. The molecule has 142 valence electrons. The van der Waals surface area contributed by atoms with Crippen LogP contribution in [0.3, 0.4) is 0 Å². The molecule has 1 heterocycles. The number of aliphatic hydroxyl groups excluding tert-OH is 1. The minimum atomic E-state index is -3.60. The highest BCUT2D eigenvalue weighted by molar-refractivity contribution is 6.22. The van der Waals surface area contributed by atoms with E-state index in [-0.39, 0.29) is 11.2 Å². The number of aliphatic hydroxyl groups is 1. The fourth-order valence-electron chi connectivity index (χ4n) is 2.30. The SMILES string of the molecule is C=CC(F)(F)[C@@H](O)Cn1c(C2=CCC(Cl)C=C2)nn(CC(=O)OC)c1=O. The van der Waals surface area contributed by atoms with Gasteiger partial charge in [0.25, 0.3) is 5.92 Å². The maximum absolute atomic E-state index is 13.6. The first-order chi connectivity index (χ1) is 12.2. The van der Waals surface area contributed by atoms with Gasteiger partial charge in [0.15, 0.2) is 5.82 Å². The van der Waals surface area contributed by atoms with Crippen LogP contribution < -0.4 is 5.69 Å². The van der Waals surface area contributed by atoms with Gasteiger partial charge in [-0.25, -0.2) is 9.48 Å². The summed E-state index contributed by atoms with van der Waals surface area (Å²) < 4.78 is 33.4. The van der Waals surface area contributed by atoms with Crippen LogP contribution in [0.1, 0.15) is 12.2 Å². The zero-order valence-corrected chi connectivity index (χ0v) is 14.7. The first-order valence-corrected chi connectivity index (χ1v) is 8.10. The van der Waals surface area contributed by atoms with Crippen molar-refractivity contribution < 1.29 is 23.4 Å². The summed E-state index contributed by atoms with van der Waals surface area (Å²) in [5.74, 6) is -4.29. The summed E-state index contributed by atoms with van der Waals surface area (Å²) >= 11 is 5.96. The van der Waals surface area contributed by atoms with Crippen molar-refractivity contribution in [2.75, 3.05) is 7.11 Å². The summed E-state index contributed by atoms with van der Waals surface area (Å²) in [7, 11) is 1.15. The molecule has 0 spiro atoms. The maximum atomic E-state index is 13.6. The molecule has 1 aliphatic carbocycles. The number of alkyl halides is 3. The van der Waals surface area contributed by atoms with Crippen molar-refractivity contribution in [3.8, 4) is 0 Å². The van der Waals surface area contributed by atoms with Crippen LogP contribution in [0.4, 0.5) is 8.78 Å². The lowest BCUT2D eigenvalue weighted by molar-refractivity contribution is -0.141. The number of aromatic nitrogens is 3. The molecule has 7 nitrogen and oxygen atoms in total. The summed E-state index contributed by atoms with van der Waals surface area (Å²) in [6.45, 7) is 1.76. The van der Waals surface area contributed by atoms with Crippen molar-refractivity contribution in [1.29, 1.82) is 0 Å². The Morgan fingerprint density at radius 3 is 2.88 bits per heavy atom. The van der Waals surface area contributed by atoms with Crippen molar-refractivity contribution in [3.63, 3.8) is 0 Å². The number of methoxy groups -OCH3 is 1. The maximum Gasteiger partial charge on any atom is 0.346 e. The summed E-state index contributed by atoms with van der Waals surface area (Å²) in [4.78, 5) is 23.9. The molecule has 10 heteroatoms. The van der Waals surface area contributed by atoms with Crippen LogP contribution in [0, 0.1) is 0 Å². The van der Waals surface area contributed by atoms with E-state index >= 15 is 0 Å². The van der Waals surface area contributed by atoms with Gasteiger partial charge < -0.3 is 9.84 Å². The second-order valence-electron chi connectivity index (χ2n) is 5.62. The lowest BCUT2D eigenvalue weighted by Crippen LogP contribution is -2.39. The number of rotatable bonds is 7. The predicted octanol–water partition coefficient (Wildman–Crippen LogP) is 1.35. The van der Waals surface area contributed by atoms with E-state index in [1.165, 1.54) is 0 Å². The van der Waals surface area contributed by atoms with Gasteiger partial charge in [-0.1, -0.05) is 24.8 Å². The van der Waals surface area contributed by atoms with Gasteiger partial charge in [-0.2, -0.15) is 8.78 Å². The van der Waals surface area contributed by atoms with Crippen molar-refractivity contribution in [1.82, 2.24) is 14.3 Å². The largest absolute Gasteiger partial charge is 0.468 e. The molecule has 0 aliphatic heterocycles. The monoisotopic (exact) mass is 389 g/mol. The van der Waals surface area contributed by atoms with Gasteiger partial charge in [-0.3, -0.25) is 9.36 Å². The van der Waals surface area contributed by atoms with Gasteiger partial charge in [0.2, 0.25) is 0 Å². The van der Waals surface area contributed by atoms with Crippen molar-refractivity contribution in [2.24, 2.45) is 0 Å². The molecule has 1 aromatic heterocycles. The standard InChI is InChI=1S/C16H18ClF2N3O4/c1-3-16(18,19)12(23)8-21-14(10-4-6-11(17)7-5-10)20-22(15(21)25)9-13(24)26-2/h3-6,11-12,23H,1,7-9H2,2H3/t11?,12-/m0/s1. The number of nitrogens with zero attached hydrogens (tertiary/aromatic N) is 3. The third-order valence-electron chi connectivity index (χ3n) is 3.81. The molecular formula is C16H18ClF2N3O4. The van der Waals surface area contributed by atoms with Gasteiger partial charge in [0.1, 0.15) is 12.6 Å². The van der Waals surface area contributed by atoms with Gasteiger partial charge in [0.05, 0.1) is 19.0 Å². The summed E-state index contributed by atoms with van der Waals surface area (Å²) in [6, 6.07) is 0. The van der Waals surface area contributed by atoms with Crippen LogP contribution >= 0.6 is 11.6 Å². The Bertz CT molecular complexity index is 813. The van der Waals surface area contributed by atoms with E-state index in [0.717, 1.165) is 16.4 Å². The highest BCUT2D eigenvalue weighted by Gasteiger charge is 2.36. The first kappa shape index (κ1) is 20.1. The molecule has 26 heavy (non-hydrogen) atoms. The third-order valence-corrected chi connectivity index (χ3v) is 4.13. The Balaban J connectivity index is 2.46. The average Bonchev–Trinajstić information content (AvgIpc) is 2.91. The highest BCUT2D eigenvalue weighted by atomic mass is 35.5. The van der Waals surface area contributed by atoms with E-state index in [1.54, 1.807) is 18.2 Å². The minimum Gasteiger partial charge on any atom is -0.468 e. The van der Waals surface area contributed by atoms with Crippen molar-refractivity contribution in [3.05, 3.63) is 47.2 Å². The summed E-state index contributed by atoms with van der Waals surface area (Å²) in [5, 5.41) is 13.6. The van der Waals surface area contributed by atoms with Gasteiger partial charge in [0, 0.05) is 5.57 Å². The molecule has 0 saturated heterocycles. The number of carbonyl (C=O) groups is 1. The zero-order chi connectivity index (χ0) is 19.5. The second kappa shape index (κ2) is 7.96. The number of ether oxygens (including phenoxy) is 1. The van der Waals surface area contributed by atoms with Crippen molar-refractivity contribution >= 4 is 23.1 Å².